The van der Waals surface area contributed by atoms with Gasteiger partial charge in [-0.15, -0.1) is 0 Å². The summed E-state index contributed by atoms with van der Waals surface area (Å²) in [6.45, 7) is 8.50. The molecule has 0 spiro atoms. The number of rotatable bonds is 4. The van der Waals surface area contributed by atoms with Crippen molar-refractivity contribution in [2.24, 2.45) is 0 Å². The SMILES string of the molecule is Cc1ccc(Cl)cc1N1CCN(S(=O)(=O)c2ccc(C(C)C)cc2)CC1. The fourth-order valence-corrected chi connectivity index (χ4v) is 4.85. The van der Waals surface area contributed by atoms with Crippen LogP contribution in [-0.2, 0) is 10.0 Å². The van der Waals surface area contributed by atoms with Crippen LogP contribution in [0.5, 0.6) is 0 Å². The third-order valence-corrected chi connectivity index (χ3v) is 7.08. The molecule has 0 aromatic heterocycles. The summed E-state index contributed by atoms with van der Waals surface area (Å²) in [6.07, 6.45) is 0. The van der Waals surface area contributed by atoms with Crippen LogP contribution in [0.4, 0.5) is 5.69 Å². The van der Waals surface area contributed by atoms with Crippen molar-refractivity contribution in [2.75, 3.05) is 31.1 Å². The number of piperazine rings is 1. The third-order valence-electron chi connectivity index (χ3n) is 4.94. The number of sulfonamides is 1. The highest BCUT2D eigenvalue weighted by molar-refractivity contribution is 7.89. The zero-order chi connectivity index (χ0) is 18.9. The number of anilines is 1. The van der Waals surface area contributed by atoms with Gasteiger partial charge in [0.15, 0.2) is 0 Å². The first kappa shape index (κ1) is 19.2. The largest absolute Gasteiger partial charge is 0.369 e. The van der Waals surface area contributed by atoms with Crippen molar-refractivity contribution in [3.63, 3.8) is 0 Å². The molecule has 6 heteroatoms. The Hall–Kier alpha value is -1.56. The predicted molar refractivity (Wildman–Crippen MR) is 108 cm³/mol. The summed E-state index contributed by atoms with van der Waals surface area (Å²) >= 11 is 6.12. The number of aryl methyl sites for hydroxylation is 1. The van der Waals surface area contributed by atoms with Gasteiger partial charge in [0.2, 0.25) is 10.0 Å². The summed E-state index contributed by atoms with van der Waals surface area (Å²) in [7, 11) is -3.45. The van der Waals surface area contributed by atoms with Gasteiger partial charge in [0, 0.05) is 36.9 Å². The highest BCUT2D eigenvalue weighted by atomic mass is 35.5. The van der Waals surface area contributed by atoms with Gasteiger partial charge in [-0.1, -0.05) is 43.6 Å². The normalized spacial score (nSPS) is 16.3. The summed E-state index contributed by atoms with van der Waals surface area (Å²) < 4.78 is 27.4. The zero-order valence-electron chi connectivity index (χ0n) is 15.4. The van der Waals surface area contributed by atoms with Crippen LogP contribution in [0.1, 0.15) is 30.9 Å². The van der Waals surface area contributed by atoms with E-state index in [0.29, 0.717) is 42.0 Å². The lowest BCUT2D eigenvalue weighted by molar-refractivity contribution is 0.384. The highest BCUT2D eigenvalue weighted by Crippen LogP contribution is 2.27. The minimum atomic E-state index is -3.45. The van der Waals surface area contributed by atoms with Crippen molar-refractivity contribution in [1.82, 2.24) is 4.31 Å². The molecule has 26 heavy (non-hydrogen) atoms. The Morgan fingerprint density at radius 3 is 2.15 bits per heavy atom. The molecular formula is C20H25ClN2O2S. The van der Waals surface area contributed by atoms with Crippen LogP contribution in [0.2, 0.25) is 5.02 Å². The molecule has 1 fully saturated rings. The first-order valence-corrected chi connectivity index (χ1v) is 10.7. The number of nitrogens with zero attached hydrogens (tertiary/aromatic N) is 2. The molecule has 1 aliphatic heterocycles. The molecule has 140 valence electrons. The summed E-state index contributed by atoms with van der Waals surface area (Å²) in [4.78, 5) is 2.57. The topological polar surface area (TPSA) is 40.6 Å². The third kappa shape index (κ3) is 3.90. The lowest BCUT2D eigenvalue weighted by atomic mass is 10.0. The fourth-order valence-electron chi connectivity index (χ4n) is 3.27. The van der Waals surface area contributed by atoms with E-state index in [9.17, 15) is 8.42 Å². The lowest BCUT2D eigenvalue weighted by Gasteiger charge is -2.36. The van der Waals surface area contributed by atoms with Gasteiger partial charge in [0.25, 0.3) is 0 Å². The number of benzene rings is 2. The van der Waals surface area contributed by atoms with E-state index >= 15 is 0 Å². The number of hydrogen-bond acceptors (Lipinski definition) is 3. The molecule has 3 rings (SSSR count). The minimum Gasteiger partial charge on any atom is -0.369 e. The number of hydrogen-bond donors (Lipinski definition) is 0. The fraction of sp³-hybridized carbons (Fsp3) is 0.400. The maximum atomic E-state index is 12.9. The second-order valence-electron chi connectivity index (χ2n) is 7.05. The predicted octanol–water partition coefficient (Wildman–Crippen LogP) is 4.28. The van der Waals surface area contributed by atoms with Gasteiger partial charge < -0.3 is 4.90 Å². The average molecular weight is 393 g/mol. The van der Waals surface area contributed by atoms with Crippen molar-refractivity contribution in [2.45, 2.75) is 31.6 Å². The molecule has 2 aromatic carbocycles. The van der Waals surface area contributed by atoms with E-state index in [1.807, 2.05) is 37.3 Å². The van der Waals surface area contributed by atoms with Crippen LogP contribution in [0.3, 0.4) is 0 Å². The maximum Gasteiger partial charge on any atom is 0.243 e. The van der Waals surface area contributed by atoms with Crippen LogP contribution >= 0.6 is 11.6 Å². The highest BCUT2D eigenvalue weighted by Gasteiger charge is 2.29. The van der Waals surface area contributed by atoms with Gasteiger partial charge in [-0.2, -0.15) is 4.31 Å². The van der Waals surface area contributed by atoms with Crippen LogP contribution in [0, 0.1) is 6.92 Å². The van der Waals surface area contributed by atoms with Gasteiger partial charge >= 0.3 is 0 Å². The van der Waals surface area contributed by atoms with Crippen LogP contribution < -0.4 is 4.90 Å². The Balaban J connectivity index is 1.73. The van der Waals surface area contributed by atoms with Crippen LogP contribution in [0.15, 0.2) is 47.4 Å². The van der Waals surface area contributed by atoms with Gasteiger partial charge in [-0.3, -0.25) is 0 Å². The molecular weight excluding hydrogens is 368 g/mol. The van der Waals surface area contributed by atoms with E-state index in [1.54, 1.807) is 16.4 Å². The molecule has 0 radical (unpaired) electrons. The minimum absolute atomic E-state index is 0.370. The Labute approximate surface area is 161 Å². The molecule has 2 aromatic rings. The molecule has 0 unspecified atom stereocenters. The molecule has 4 nitrogen and oxygen atoms in total. The standard InChI is InChI=1S/C20H25ClN2O2S/c1-15(2)17-5-8-19(9-6-17)26(24,25)23-12-10-22(11-13-23)20-14-18(21)7-4-16(20)3/h4-9,14-15H,10-13H2,1-3H3. The van der Waals surface area contributed by atoms with E-state index in [0.717, 1.165) is 16.8 Å². The Morgan fingerprint density at radius 1 is 0.962 bits per heavy atom. The monoisotopic (exact) mass is 392 g/mol. The molecule has 0 aliphatic carbocycles. The average Bonchev–Trinajstić information content (AvgIpc) is 2.64. The van der Waals surface area contributed by atoms with Crippen molar-refractivity contribution in [1.29, 1.82) is 0 Å². The van der Waals surface area contributed by atoms with Crippen molar-refractivity contribution < 1.29 is 8.42 Å². The van der Waals surface area contributed by atoms with Gasteiger partial charge in [-0.25, -0.2) is 8.42 Å². The van der Waals surface area contributed by atoms with Crippen LogP contribution in [0.25, 0.3) is 0 Å². The van der Waals surface area contributed by atoms with Gasteiger partial charge in [-0.05, 0) is 48.2 Å². The van der Waals surface area contributed by atoms with E-state index in [1.165, 1.54) is 0 Å². The van der Waals surface area contributed by atoms with Crippen molar-refractivity contribution in [3.05, 3.63) is 58.6 Å². The molecule has 0 N–H and O–H groups in total. The second kappa shape index (κ2) is 7.59. The van der Waals surface area contributed by atoms with E-state index in [2.05, 4.69) is 18.7 Å². The number of halogens is 1. The molecule has 1 aliphatic rings. The lowest BCUT2D eigenvalue weighted by Crippen LogP contribution is -2.48. The van der Waals surface area contributed by atoms with E-state index < -0.39 is 10.0 Å². The van der Waals surface area contributed by atoms with E-state index in [4.69, 9.17) is 11.6 Å². The quantitative estimate of drug-likeness (QED) is 0.779. The van der Waals surface area contributed by atoms with Gasteiger partial charge in [0.05, 0.1) is 4.90 Å². The Bertz CT molecular complexity index is 871. The molecule has 0 atom stereocenters. The summed E-state index contributed by atoms with van der Waals surface area (Å²) in [5.74, 6) is 0.385. The Morgan fingerprint density at radius 2 is 1.58 bits per heavy atom. The summed E-state index contributed by atoms with van der Waals surface area (Å²) in [5.41, 5.74) is 3.37. The maximum absolute atomic E-state index is 12.9. The smallest absolute Gasteiger partial charge is 0.243 e. The van der Waals surface area contributed by atoms with E-state index in [-0.39, 0.29) is 0 Å². The molecule has 0 saturated carbocycles. The van der Waals surface area contributed by atoms with Crippen molar-refractivity contribution >= 4 is 27.3 Å². The van der Waals surface area contributed by atoms with Crippen molar-refractivity contribution in [3.8, 4) is 0 Å². The van der Waals surface area contributed by atoms with Crippen LogP contribution in [-0.4, -0.2) is 38.9 Å². The van der Waals surface area contributed by atoms with Gasteiger partial charge in [0.1, 0.15) is 0 Å². The molecule has 1 saturated heterocycles. The Kier molecular flexibility index (Phi) is 5.61. The zero-order valence-corrected chi connectivity index (χ0v) is 17.0. The second-order valence-corrected chi connectivity index (χ2v) is 9.42. The first-order chi connectivity index (χ1) is 12.3. The first-order valence-electron chi connectivity index (χ1n) is 8.90. The molecule has 0 amide bonds. The summed E-state index contributed by atoms with van der Waals surface area (Å²) in [5, 5.41) is 0.700. The summed E-state index contributed by atoms with van der Waals surface area (Å²) in [6, 6.07) is 13.1. The molecule has 0 bridgehead atoms. The molecule has 1 heterocycles.